The van der Waals surface area contributed by atoms with Crippen LogP contribution in [0.15, 0.2) is 78.1 Å². The topological polar surface area (TPSA) is 108 Å². The van der Waals surface area contributed by atoms with Gasteiger partial charge in [0.05, 0.1) is 35.6 Å². The minimum Gasteiger partial charge on any atom is -0.325 e. The second-order valence-electron chi connectivity index (χ2n) is 10.6. The molecule has 1 amide bonds. The Labute approximate surface area is 254 Å². The number of pyridine rings is 1. The zero-order valence-corrected chi connectivity index (χ0v) is 24.0. The molecule has 3 aromatic heterocycles. The fourth-order valence-corrected chi connectivity index (χ4v) is 5.47. The van der Waals surface area contributed by atoms with Gasteiger partial charge in [-0.15, -0.1) is 5.10 Å². The van der Waals surface area contributed by atoms with E-state index >= 15 is 0 Å². The fourth-order valence-electron chi connectivity index (χ4n) is 5.30. The van der Waals surface area contributed by atoms with Crippen molar-refractivity contribution in [1.29, 1.82) is 0 Å². The SMILES string of the molecule is C[C@@H]1CCC[C@H](n2cnc(-c3cc(Cl)ccc3-n3cc(C(F)F)nn3)cc2=O)c2cc(ccn2)-c2cc(F)ccc2NC1=O. The normalized spacial score (nSPS) is 17.0. The Morgan fingerprint density at radius 1 is 1.00 bits per heavy atom. The first kappa shape index (κ1) is 29.2. The van der Waals surface area contributed by atoms with Crippen LogP contribution in [0.2, 0.25) is 5.02 Å². The van der Waals surface area contributed by atoms with Gasteiger partial charge in [-0.25, -0.2) is 22.8 Å². The van der Waals surface area contributed by atoms with Crippen LogP contribution >= 0.6 is 11.6 Å². The molecule has 44 heavy (non-hydrogen) atoms. The summed E-state index contributed by atoms with van der Waals surface area (Å²) in [5, 5.41) is 10.6. The van der Waals surface area contributed by atoms with Gasteiger partial charge in [-0.2, -0.15) is 0 Å². The monoisotopic (exact) mass is 619 g/mol. The first-order valence-electron chi connectivity index (χ1n) is 13.8. The van der Waals surface area contributed by atoms with Gasteiger partial charge in [-0.1, -0.05) is 30.2 Å². The average molecular weight is 620 g/mol. The van der Waals surface area contributed by atoms with Crippen LogP contribution in [0.4, 0.5) is 18.9 Å². The summed E-state index contributed by atoms with van der Waals surface area (Å²) in [5.41, 5.74) is 2.28. The molecule has 224 valence electrons. The molecule has 0 spiro atoms. The van der Waals surface area contributed by atoms with Crippen molar-refractivity contribution in [1.82, 2.24) is 29.5 Å². The lowest BCUT2D eigenvalue weighted by Gasteiger charge is -2.23. The van der Waals surface area contributed by atoms with Crippen LogP contribution < -0.4 is 10.9 Å². The van der Waals surface area contributed by atoms with Gasteiger partial charge in [0, 0.05) is 40.0 Å². The van der Waals surface area contributed by atoms with Gasteiger partial charge in [-0.3, -0.25) is 19.1 Å². The van der Waals surface area contributed by atoms with Crippen molar-refractivity contribution in [2.45, 2.75) is 38.7 Å². The van der Waals surface area contributed by atoms with Gasteiger partial charge in [0.15, 0.2) is 0 Å². The van der Waals surface area contributed by atoms with Gasteiger partial charge < -0.3 is 5.32 Å². The molecule has 1 N–H and O–H groups in total. The molecule has 6 rings (SSSR count). The first-order valence-corrected chi connectivity index (χ1v) is 14.2. The maximum atomic E-state index is 14.3. The number of benzene rings is 2. The van der Waals surface area contributed by atoms with E-state index in [0.29, 0.717) is 58.0 Å². The van der Waals surface area contributed by atoms with Gasteiger partial charge in [0.2, 0.25) is 5.91 Å². The number of carbonyl (C=O) groups excluding carboxylic acids is 1. The molecular weight excluding hydrogens is 595 g/mol. The Morgan fingerprint density at radius 3 is 2.61 bits per heavy atom. The molecule has 0 saturated heterocycles. The second-order valence-corrected chi connectivity index (χ2v) is 11.0. The molecule has 2 atom stereocenters. The molecule has 1 aliphatic heterocycles. The van der Waals surface area contributed by atoms with Crippen molar-refractivity contribution in [3.05, 3.63) is 106 Å². The molecule has 0 aliphatic carbocycles. The molecule has 0 radical (unpaired) electrons. The molecule has 0 saturated carbocycles. The van der Waals surface area contributed by atoms with E-state index in [1.165, 1.54) is 39.8 Å². The zero-order chi connectivity index (χ0) is 31.0. The molecule has 0 fully saturated rings. The van der Waals surface area contributed by atoms with Gasteiger partial charge in [0.25, 0.3) is 12.0 Å². The fraction of sp³-hybridized carbons (Fsp3) is 0.226. The number of hydrogen-bond acceptors (Lipinski definition) is 6. The second kappa shape index (κ2) is 12.0. The van der Waals surface area contributed by atoms with Crippen molar-refractivity contribution in [2.24, 2.45) is 5.92 Å². The zero-order valence-electron chi connectivity index (χ0n) is 23.3. The molecule has 2 aromatic carbocycles. The summed E-state index contributed by atoms with van der Waals surface area (Å²) in [4.78, 5) is 35.7. The van der Waals surface area contributed by atoms with E-state index in [2.05, 4.69) is 25.6 Å². The summed E-state index contributed by atoms with van der Waals surface area (Å²) in [6.45, 7) is 1.82. The highest BCUT2D eigenvalue weighted by Crippen LogP contribution is 2.34. The Bertz CT molecular complexity index is 1930. The Morgan fingerprint density at radius 2 is 1.84 bits per heavy atom. The quantitative estimate of drug-likeness (QED) is 0.242. The molecule has 9 nitrogen and oxygen atoms in total. The summed E-state index contributed by atoms with van der Waals surface area (Å²) in [6, 6.07) is 13.2. The van der Waals surface area contributed by atoms with Gasteiger partial charge in [-0.05, 0) is 66.9 Å². The number of nitrogens with zero attached hydrogens (tertiary/aromatic N) is 6. The number of aromatic nitrogens is 6. The summed E-state index contributed by atoms with van der Waals surface area (Å²) >= 11 is 6.26. The number of carbonyl (C=O) groups is 1. The molecule has 5 aromatic rings. The maximum absolute atomic E-state index is 14.3. The van der Waals surface area contributed by atoms with Crippen molar-refractivity contribution in [3.63, 3.8) is 0 Å². The molecular formula is C31H25ClF3N7O2. The molecule has 1 aliphatic rings. The van der Waals surface area contributed by atoms with Crippen molar-refractivity contribution >= 4 is 23.2 Å². The molecule has 0 unspecified atom stereocenters. The van der Waals surface area contributed by atoms with E-state index in [1.54, 1.807) is 36.5 Å². The van der Waals surface area contributed by atoms with Crippen molar-refractivity contribution in [2.75, 3.05) is 5.32 Å². The smallest absolute Gasteiger partial charge is 0.283 e. The largest absolute Gasteiger partial charge is 0.325 e. The third kappa shape index (κ3) is 5.85. The van der Waals surface area contributed by atoms with E-state index < -0.39 is 29.5 Å². The van der Waals surface area contributed by atoms with E-state index in [9.17, 15) is 22.8 Å². The first-order chi connectivity index (χ1) is 21.2. The highest BCUT2D eigenvalue weighted by Gasteiger charge is 2.23. The Balaban J connectivity index is 1.43. The van der Waals surface area contributed by atoms with Crippen LogP contribution in [-0.4, -0.2) is 35.4 Å². The lowest BCUT2D eigenvalue weighted by Crippen LogP contribution is -2.27. The van der Waals surface area contributed by atoms with Crippen LogP contribution in [-0.2, 0) is 4.79 Å². The van der Waals surface area contributed by atoms with E-state index in [-0.39, 0.29) is 17.5 Å². The number of nitrogens with one attached hydrogen (secondary N) is 1. The number of alkyl halides is 2. The van der Waals surface area contributed by atoms with Crippen molar-refractivity contribution < 1.29 is 18.0 Å². The van der Waals surface area contributed by atoms with Crippen LogP contribution in [0.5, 0.6) is 0 Å². The molecule has 13 heteroatoms. The maximum Gasteiger partial charge on any atom is 0.283 e. The lowest BCUT2D eigenvalue weighted by molar-refractivity contribution is -0.119. The third-order valence-electron chi connectivity index (χ3n) is 7.62. The number of halogens is 4. The predicted molar refractivity (Wildman–Crippen MR) is 158 cm³/mol. The lowest BCUT2D eigenvalue weighted by atomic mass is 9.95. The standard InChI is InChI=1S/C31H25ClF3N7O2/c1-17-3-2-4-28(25-11-18(9-10-36-25)21-13-20(33)6-7-23(21)38-31(17)44)41-16-37-24(14-29(41)43)22-12-19(32)5-8-27(22)42-15-26(30(34)35)39-40-42/h5-17,28,30H,2-4H2,1H3,(H,38,44)/t17-,28+/m1/s1. The Hall–Kier alpha value is -4.84. The average Bonchev–Trinajstić information content (AvgIpc) is 3.51. The van der Waals surface area contributed by atoms with E-state index in [1.807, 2.05) is 6.92 Å². The van der Waals surface area contributed by atoms with Crippen molar-refractivity contribution in [3.8, 4) is 28.1 Å². The van der Waals surface area contributed by atoms with Crippen LogP contribution in [0.3, 0.4) is 0 Å². The summed E-state index contributed by atoms with van der Waals surface area (Å²) in [7, 11) is 0. The minimum atomic E-state index is -2.80. The number of amides is 1. The minimum absolute atomic E-state index is 0.183. The highest BCUT2D eigenvalue weighted by molar-refractivity contribution is 6.31. The third-order valence-corrected chi connectivity index (χ3v) is 7.86. The Kier molecular flexibility index (Phi) is 8.00. The number of rotatable bonds is 4. The van der Waals surface area contributed by atoms with E-state index in [0.717, 1.165) is 6.20 Å². The van der Waals surface area contributed by atoms with Crippen LogP contribution in [0.1, 0.15) is 50.0 Å². The highest BCUT2D eigenvalue weighted by atomic mass is 35.5. The van der Waals surface area contributed by atoms with Gasteiger partial charge in [0.1, 0.15) is 11.5 Å². The summed E-state index contributed by atoms with van der Waals surface area (Å²) < 4.78 is 43.3. The van der Waals surface area contributed by atoms with Crippen LogP contribution in [0, 0.1) is 11.7 Å². The number of anilines is 1. The molecule has 4 heterocycles. The predicted octanol–water partition coefficient (Wildman–Crippen LogP) is 6.63. The summed E-state index contributed by atoms with van der Waals surface area (Å²) in [5.74, 6) is -0.973. The number of fused-ring (bicyclic) bond motifs is 4. The van der Waals surface area contributed by atoms with E-state index in [4.69, 9.17) is 11.6 Å². The van der Waals surface area contributed by atoms with Gasteiger partial charge >= 0.3 is 0 Å². The molecule has 2 bridgehead atoms. The number of hydrogen-bond donors (Lipinski definition) is 1. The van der Waals surface area contributed by atoms with Crippen LogP contribution in [0.25, 0.3) is 28.1 Å². The summed E-state index contributed by atoms with van der Waals surface area (Å²) in [6.07, 6.45) is 2.92.